The van der Waals surface area contributed by atoms with Gasteiger partial charge in [0.05, 0.1) is 0 Å². The lowest BCUT2D eigenvalue weighted by Gasteiger charge is -2.10. The number of benzene rings is 1. The Balaban J connectivity index is 2.42. The average Bonchev–Trinajstić information content (AvgIpc) is 2.15. The van der Waals surface area contributed by atoms with Gasteiger partial charge in [-0.3, -0.25) is 0 Å². The molecule has 1 aromatic carbocycles. The first-order valence-corrected chi connectivity index (χ1v) is 5.43. The molecule has 1 aromatic rings. The summed E-state index contributed by atoms with van der Waals surface area (Å²) < 4.78 is 1.11. The summed E-state index contributed by atoms with van der Waals surface area (Å²) in [4.78, 5) is 0. The van der Waals surface area contributed by atoms with Crippen molar-refractivity contribution in [3.8, 4) is 12.3 Å². The van der Waals surface area contributed by atoms with E-state index in [0.29, 0.717) is 6.04 Å². The topological polar surface area (TPSA) is 12.0 Å². The van der Waals surface area contributed by atoms with Gasteiger partial charge in [-0.05, 0) is 24.6 Å². The van der Waals surface area contributed by atoms with E-state index in [-0.39, 0.29) is 0 Å². The maximum Gasteiger partial charge on any atom is 0.0238 e. The third-order valence-electron chi connectivity index (χ3n) is 1.97. The standard InChI is InChI=1S/C12H14BrN/c1-3-5-10(2)14-9-11-6-4-7-12(13)8-11/h1,4,6-8,10,14H,5,9H2,2H3. The number of hydrogen-bond acceptors (Lipinski definition) is 1. The molecule has 0 bridgehead atoms. The Morgan fingerprint density at radius 3 is 3.00 bits per heavy atom. The largest absolute Gasteiger partial charge is 0.309 e. The van der Waals surface area contributed by atoms with E-state index in [1.165, 1.54) is 5.56 Å². The maximum atomic E-state index is 5.23. The van der Waals surface area contributed by atoms with Crippen LogP contribution >= 0.6 is 15.9 Å². The summed E-state index contributed by atoms with van der Waals surface area (Å²) in [6.45, 7) is 2.96. The Hall–Kier alpha value is -0.780. The Kier molecular flexibility index (Phi) is 4.72. The van der Waals surface area contributed by atoms with Gasteiger partial charge in [-0.15, -0.1) is 12.3 Å². The highest BCUT2D eigenvalue weighted by molar-refractivity contribution is 9.10. The van der Waals surface area contributed by atoms with Crippen molar-refractivity contribution in [1.82, 2.24) is 5.32 Å². The molecule has 1 N–H and O–H groups in total. The van der Waals surface area contributed by atoms with Crippen LogP contribution in [0.15, 0.2) is 28.7 Å². The minimum atomic E-state index is 0.374. The van der Waals surface area contributed by atoms with Crippen LogP contribution in [0.4, 0.5) is 0 Å². The fourth-order valence-electron chi connectivity index (χ4n) is 1.19. The van der Waals surface area contributed by atoms with Gasteiger partial charge in [0.2, 0.25) is 0 Å². The van der Waals surface area contributed by atoms with E-state index in [1.807, 2.05) is 12.1 Å². The highest BCUT2D eigenvalue weighted by Gasteiger charge is 1.99. The van der Waals surface area contributed by atoms with Crippen LogP contribution in [0.3, 0.4) is 0 Å². The molecule has 1 nitrogen and oxygen atoms in total. The fraction of sp³-hybridized carbons (Fsp3) is 0.333. The Labute approximate surface area is 94.0 Å². The van der Waals surface area contributed by atoms with Crippen LogP contribution in [0, 0.1) is 12.3 Å². The van der Waals surface area contributed by atoms with Gasteiger partial charge < -0.3 is 5.32 Å². The molecule has 0 radical (unpaired) electrons. The summed E-state index contributed by atoms with van der Waals surface area (Å²) in [5.74, 6) is 2.64. The molecule has 0 saturated carbocycles. The van der Waals surface area contributed by atoms with Crippen molar-refractivity contribution >= 4 is 15.9 Å². The third-order valence-corrected chi connectivity index (χ3v) is 2.46. The van der Waals surface area contributed by atoms with Crippen LogP contribution in [0.2, 0.25) is 0 Å². The van der Waals surface area contributed by atoms with E-state index in [0.717, 1.165) is 17.4 Å². The molecule has 1 rings (SSSR count). The fourth-order valence-corrected chi connectivity index (χ4v) is 1.63. The van der Waals surface area contributed by atoms with E-state index in [1.54, 1.807) is 0 Å². The van der Waals surface area contributed by atoms with Gasteiger partial charge in [0, 0.05) is 23.5 Å². The minimum Gasteiger partial charge on any atom is -0.309 e. The molecule has 1 unspecified atom stereocenters. The first kappa shape index (κ1) is 11.3. The molecule has 0 aliphatic rings. The number of hydrogen-bond donors (Lipinski definition) is 1. The first-order valence-electron chi connectivity index (χ1n) is 4.63. The molecule has 0 aliphatic carbocycles. The van der Waals surface area contributed by atoms with Crippen LogP contribution in [0.1, 0.15) is 18.9 Å². The monoisotopic (exact) mass is 251 g/mol. The Morgan fingerprint density at radius 2 is 2.36 bits per heavy atom. The molecule has 1 atom stereocenters. The lowest BCUT2D eigenvalue weighted by atomic mass is 10.2. The molecule has 0 amide bonds. The van der Waals surface area contributed by atoms with Gasteiger partial charge in [-0.2, -0.15) is 0 Å². The summed E-state index contributed by atoms with van der Waals surface area (Å²) in [5.41, 5.74) is 1.27. The molecular weight excluding hydrogens is 238 g/mol. The van der Waals surface area contributed by atoms with Crippen LogP contribution in [-0.4, -0.2) is 6.04 Å². The van der Waals surface area contributed by atoms with Gasteiger partial charge in [-0.1, -0.05) is 28.1 Å². The second-order valence-corrected chi connectivity index (χ2v) is 4.24. The molecule has 0 fully saturated rings. The molecule has 0 aromatic heterocycles. The number of halogens is 1. The van der Waals surface area contributed by atoms with Crippen LogP contribution in [-0.2, 0) is 6.54 Å². The quantitative estimate of drug-likeness (QED) is 0.812. The lowest BCUT2D eigenvalue weighted by Crippen LogP contribution is -2.24. The second kappa shape index (κ2) is 5.85. The SMILES string of the molecule is C#CCC(C)NCc1cccc(Br)c1. The lowest BCUT2D eigenvalue weighted by molar-refractivity contribution is 0.559. The van der Waals surface area contributed by atoms with Gasteiger partial charge in [0.15, 0.2) is 0 Å². The molecule has 74 valence electrons. The average molecular weight is 252 g/mol. The number of terminal acetylenes is 1. The molecule has 0 heterocycles. The number of rotatable bonds is 4. The third kappa shape index (κ3) is 3.95. The van der Waals surface area contributed by atoms with E-state index >= 15 is 0 Å². The van der Waals surface area contributed by atoms with E-state index < -0.39 is 0 Å². The summed E-state index contributed by atoms with van der Waals surface area (Å²) in [6.07, 6.45) is 6.00. The van der Waals surface area contributed by atoms with E-state index in [9.17, 15) is 0 Å². The molecule has 2 heteroatoms. The van der Waals surface area contributed by atoms with Crippen molar-refractivity contribution in [3.05, 3.63) is 34.3 Å². The van der Waals surface area contributed by atoms with Gasteiger partial charge >= 0.3 is 0 Å². The molecule has 0 saturated heterocycles. The maximum absolute atomic E-state index is 5.23. The molecule has 0 spiro atoms. The normalized spacial score (nSPS) is 12.1. The number of nitrogens with one attached hydrogen (secondary N) is 1. The van der Waals surface area contributed by atoms with Crippen molar-refractivity contribution in [1.29, 1.82) is 0 Å². The zero-order valence-corrected chi connectivity index (χ0v) is 9.84. The van der Waals surface area contributed by atoms with Crippen molar-refractivity contribution in [3.63, 3.8) is 0 Å². The predicted molar refractivity (Wildman–Crippen MR) is 63.9 cm³/mol. The summed E-state index contributed by atoms with van der Waals surface area (Å²) >= 11 is 3.44. The summed E-state index contributed by atoms with van der Waals surface area (Å²) in [5, 5.41) is 3.36. The smallest absolute Gasteiger partial charge is 0.0238 e. The van der Waals surface area contributed by atoms with E-state index in [2.05, 4.69) is 46.2 Å². The highest BCUT2D eigenvalue weighted by Crippen LogP contribution is 2.11. The summed E-state index contributed by atoms with van der Waals surface area (Å²) in [6, 6.07) is 8.64. The van der Waals surface area contributed by atoms with Crippen LogP contribution in [0.5, 0.6) is 0 Å². The first-order chi connectivity index (χ1) is 6.72. The zero-order valence-electron chi connectivity index (χ0n) is 8.26. The highest BCUT2D eigenvalue weighted by atomic mass is 79.9. The Morgan fingerprint density at radius 1 is 1.57 bits per heavy atom. The molecular formula is C12H14BrN. The van der Waals surface area contributed by atoms with Gasteiger partial charge in [0.25, 0.3) is 0 Å². The predicted octanol–water partition coefficient (Wildman–Crippen LogP) is 2.95. The van der Waals surface area contributed by atoms with Crippen molar-refractivity contribution in [2.45, 2.75) is 25.9 Å². The minimum absolute atomic E-state index is 0.374. The Bertz CT molecular complexity index is 327. The zero-order chi connectivity index (χ0) is 10.4. The van der Waals surface area contributed by atoms with Gasteiger partial charge in [0.1, 0.15) is 0 Å². The van der Waals surface area contributed by atoms with Crippen LogP contribution in [0.25, 0.3) is 0 Å². The van der Waals surface area contributed by atoms with Gasteiger partial charge in [-0.25, -0.2) is 0 Å². The van der Waals surface area contributed by atoms with Crippen LogP contribution < -0.4 is 5.32 Å². The van der Waals surface area contributed by atoms with Crippen molar-refractivity contribution in [2.75, 3.05) is 0 Å². The summed E-state index contributed by atoms with van der Waals surface area (Å²) in [7, 11) is 0. The second-order valence-electron chi connectivity index (χ2n) is 3.32. The molecule has 14 heavy (non-hydrogen) atoms. The molecule has 0 aliphatic heterocycles. The van der Waals surface area contributed by atoms with Crippen molar-refractivity contribution in [2.24, 2.45) is 0 Å². The van der Waals surface area contributed by atoms with Crippen molar-refractivity contribution < 1.29 is 0 Å². The van der Waals surface area contributed by atoms with E-state index in [4.69, 9.17) is 6.42 Å².